The molecule has 4 heteroatoms. The summed E-state index contributed by atoms with van der Waals surface area (Å²) >= 11 is 0. The maximum Gasteiger partial charge on any atom is 0.416 e. The topological polar surface area (TPSA) is 0 Å². The van der Waals surface area contributed by atoms with Gasteiger partial charge >= 0.3 is 6.18 Å². The van der Waals surface area contributed by atoms with Crippen molar-refractivity contribution in [3.8, 4) is 0 Å². The van der Waals surface area contributed by atoms with E-state index in [0.717, 1.165) is 24.5 Å². The van der Waals surface area contributed by atoms with Gasteiger partial charge in [-0.05, 0) is 16.9 Å². The molecule has 0 aliphatic carbocycles. The van der Waals surface area contributed by atoms with Gasteiger partial charge in [0.15, 0.2) is 0 Å². The van der Waals surface area contributed by atoms with Crippen molar-refractivity contribution in [3.63, 3.8) is 0 Å². The zero-order chi connectivity index (χ0) is 12.4. The van der Waals surface area contributed by atoms with Crippen LogP contribution in [0.3, 0.4) is 0 Å². The highest BCUT2D eigenvalue weighted by Gasteiger charge is 2.32. The van der Waals surface area contributed by atoms with E-state index in [-0.39, 0.29) is 5.31 Å². The second-order valence-electron chi connectivity index (χ2n) is 4.35. The number of alkyl halides is 3. The fourth-order valence-electron chi connectivity index (χ4n) is 1.73. The van der Waals surface area contributed by atoms with Gasteiger partial charge in [-0.25, -0.2) is 0 Å². The van der Waals surface area contributed by atoms with E-state index in [2.05, 4.69) is 0 Å². The van der Waals surface area contributed by atoms with Crippen molar-refractivity contribution >= 4 is 7.85 Å². The Morgan fingerprint density at radius 3 is 2.00 bits per heavy atom. The Kier molecular flexibility index (Phi) is 3.71. The zero-order valence-electron chi connectivity index (χ0n) is 9.86. The van der Waals surface area contributed by atoms with Crippen molar-refractivity contribution in [1.29, 1.82) is 0 Å². The molecule has 1 rings (SSSR count). The molecule has 88 valence electrons. The van der Waals surface area contributed by atoms with Crippen molar-refractivity contribution in [2.45, 2.75) is 38.2 Å². The molecule has 0 amide bonds. The third kappa shape index (κ3) is 2.60. The SMILES string of the molecule is BC(CC)(CC)c1cccc(C(F)(F)F)c1. The Bertz CT molecular complexity index is 354. The lowest BCUT2D eigenvalue weighted by molar-refractivity contribution is -0.137. The van der Waals surface area contributed by atoms with Crippen LogP contribution in [0.25, 0.3) is 0 Å². The van der Waals surface area contributed by atoms with E-state index in [4.69, 9.17) is 0 Å². The summed E-state index contributed by atoms with van der Waals surface area (Å²) in [5, 5.41) is -0.165. The van der Waals surface area contributed by atoms with Crippen LogP contribution in [0, 0.1) is 0 Å². The Hall–Kier alpha value is -0.925. The third-order valence-electron chi connectivity index (χ3n) is 3.45. The van der Waals surface area contributed by atoms with Gasteiger partial charge in [0.1, 0.15) is 7.85 Å². The van der Waals surface area contributed by atoms with Gasteiger partial charge in [-0.3, -0.25) is 0 Å². The fourth-order valence-corrected chi connectivity index (χ4v) is 1.73. The normalized spacial score (nSPS) is 12.8. The molecule has 0 N–H and O–H groups in total. The van der Waals surface area contributed by atoms with Crippen LogP contribution in [0.4, 0.5) is 13.2 Å². The smallest absolute Gasteiger partial charge is 0.166 e. The average Bonchev–Trinajstić information content (AvgIpc) is 2.27. The van der Waals surface area contributed by atoms with E-state index in [1.807, 2.05) is 21.7 Å². The lowest BCUT2D eigenvalue weighted by atomic mass is 9.60. The van der Waals surface area contributed by atoms with Gasteiger partial charge in [-0.1, -0.05) is 44.9 Å². The summed E-state index contributed by atoms with van der Waals surface area (Å²) in [6, 6.07) is 5.66. The first-order valence-corrected chi connectivity index (χ1v) is 5.51. The number of hydrogen-bond donors (Lipinski definition) is 0. The Morgan fingerprint density at radius 1 is 1.06 bits per heavy atom. The quantitative estimate of drug-likeness (QED) is 0.696. The molecule has 16 heavy (non-hydrogen) atoms. The van der Waals surface area contributed by atoms with Gasteiger partial charge in [0.05, 0.1) is 5.56 Å². The number of hydrogen-bond acceptors (Lipinski definition) is 0. The predicted molar refractivity (Wildman–Crippen MR) is 62.2 cm³/mol. The molecule has 0 atom stereocenters. The molecule has 0 heterocycles. The molecule has 0 spiro atoms. The molecular weight excluding hydrogens is 212 g/mol. The molecule has 0 fully saturated rings. The molecule has 0 bridgehead atoms. The molecule has 0 radical (unpaired) electrons. The predicted octanol–water partition coefficient (Wildman–Crippen LogP) is 3.35. The molecule has 0 aliphatic rings. The molecule has 0 aromatic heterocycles. The van der Waals surface area contributed by atoms with E-state index in [9.17, 15) is 13.2 Å². The first kappa shape index (κ1) is 13.1. The van der Waals surface area contributed by atoms with Crippen LogP contribution >= 0.6 is 0 Å². The van der Waals surface area contributed by atoms with E-state index in [1.165, 1.54) is 12.1 Å². The van der Waals surface area contributed by atoms with Crippen LogP contribution in [0.15, 0.2) is 24.3 Å². The second kappa shape index (κ2) is 4.52. The van der Waals surface area contributed by atoms with E-state index in [1.54, 1.807) is 6.07 Å². The van der Waals surface area contributed by atoms with Crippen molar-refractivity contribution in [2.75, 3.05) is 0 Å². The summed E-state index contributed by atoms with van der Waals surface area (Å²) in [5.41, 5.74) is 0.213. The van der Waals surface area contributed by atoms with Gasteiger partial charge < -0.3 is 0 Å². The Balaban J connectivity index is 3.17. The van der Waals surface area contributed by atoms with Gasteiger partial charge in [0, 0.05) is 0 Å². The van der Waals surface area contributed by atoms with Gasteiger partial charge in [-0.2, -0.15) is 13.2 Å². The summed E-state index contributed by atoms with van der Waals surface area (Å²) in [5.74, 6) is 0. The summed E-state index contributed by atoms with van der Waals surface area (Å²) in [6.07, 6.45) is -2.58. The van der Waals surface area contributed by atoms with Crippen LogP contribution in [0.2, 0.25) is 0 Å². The highest BCUT2D eigenvalue weighted by Crippen LogP contribution is 2.34. The summed E-state index contributed by atoms with van der Waals surface area (Å²) < 4.78 is 37.7. The highest BCUT2D eigenvalue weighted by atomic mass is 19.4. The minimum atomic E-state index is -4.25. The van der Waals surface area contributed by atoms with Crippen LogP contribution in [0.1, 0.15) is 37.8 Å². The lowest BCUT2D eigenvalue weighted by Gasteiger charge is -2.28. The Labute approximate surface area is 95.3 Å². The fraction of sp³-hybridized carbons (Fsp3) is 0.500. The lowest BCUT2D eigenvalue weighted by Crippen LogP contribution is -2.25. The molecule has 0 unspecified atom stereocenters. The molecule has 0 saturated heterocycles. The molecule has 1 aromatic rings. The van der Waals surface area contributed by atoms with Crippen LogP contribution in [-0.4, -0.2) is 7.85 Å². The van der Waals surface area contributed by atoms with E-state index >= 15 is 0 Å². The van der Waals surface area contributed by atoms with Gasteiger partial charge in [0.25, 0.3) is 0 Å². The first-order chi connectivity index (χ1) is 7.33. The van der Waals surface area contributed by atoms with E-state index < -0.39 is 11.7 Å². The molecule has 0 saturated carbocycles. The van der Waals surface area contributed by atoms with Crippen molar-refractivity contribution in [3.05, 3.63) is 35.4 Å². The molecule has 0 nitrogen and oxygen atoms in total. The largest absolute Gasteiger partial charge is 0.416 e. The van der Waals surface area contributed by atoms with Crippen molar-refractivity contribution in [1.82, 2.24) is 0 Å². The van der Waals surface area contributed by atoms with Crippen LogP contribution < -0.4 is 0 Å². The number of benzene rings is 1. The minimum Gasteiger partial charge on any atom is -0.166 e. The Morgan fingerprint density at radius 2 is 1.56 bits per heavy atom. The standard InChI is InChI=1S/C12H16BF3/c1-3-11(13,4-2)9-6-5-7-10(8-9)12(14,15)16/h5-8H,3-4,13H2,1-2H3. The summed E-state index contributed by atoms with van der Waals surface area (Å²) in [4.78, 5) is 0. The molecule has 0 aliphatic heterocycles. The van der Waals surface area contributed by atoms with Crippen molar-refractivity contribution < 1.29 is 13.2 Å². The van der Waals surface area contributed by atoms with E-state index in [0.29, 0.717) is 0 Å². The maximum atomic E-state index is 12.6. The third-order valence-corrected chi connectivity index (χ3v) is 3.45. The van der Waals surface area contributed by atoms with Crippen LogP contribution in [-0.2, 0) is 11.5 Å². The van der Waals surface area contributed by atoms with Crippen LogP contribution in [0.5, 0.6) is 0 Å². The number of halogens is 3. The maximum absolute atomic E-state index is 12.6. The first-order valence-electron chi connectivity index (χ1n) is 5.51. The average molecular weight is 228 g/mol. The number of rotatable bonds is 3. The second-order valence-corrected chi connectivity index (χ2v) is 4.35. The van der Waals surface area contributed by atoms with Gasteiger partial charge in [0.2, 0.25) is 0 Å². The zero-order valence-corrected chi connectivity index (χ0v) is 9.86. The summed E-state index contributed by atoms with van der Waals surface area (Å²) in [6.45, 7) is 4.01. The minimum absolute atomic E-state index is 0.165. The van der Waals surface area contributed by atoms with Crippen molar-refractivity contribution in [2.24, 2.45) is 0 Å². The summed E-state index contributed by atoms with van der Waals surface area (Å²) in [7, 11) is 2.00. The molecular formula is C12H16BF3. The molecule has 1 aromatic carbocycles. The monoisotopic (exact) mass is 228 g/mol. The van der Waals surface area contributed by atoms with Gasteiger partial charge in [-0.15, -0.1) is 0 Å². The highest BCUT2D eigenvalue weighted by molar-refractivity contribution is 6.15.